The van der Waals surface area contributed by atoms with Gasteiger partial charge in [-0.2, -0.15) is 5.26 Å². The zero-order chi connectivity index (χ0) is 11.8. The van der Waals surface area contributed by atoms with Crippen LogP contribution in [-0.2, 0) is 0 Å². The lowest BCUT2D eigenvalue weighted by molar-refractivity contribution is 0.294. The molecule has 0 saturated carbocycles. The zero-order valence-electron chi connectivity index (χ0n) is 9.57. The minimum Gasteiger partial charge on any atom is -0.478 e. The molecule has 0 unspecified atom stereocenters. The first-order chi connectivity index (χ1) is 7.77. The second-order valence-corrected chi connectivity index (χ2v) is 3.61. The third-order valence-corrected chi connectivity index (χ3v) is 2.25. The Bertz CT molecular complexity index is 371. The fraction of sp³-hybridized carbons (Fsp3) is 0.500. The van der Waals surface area contributed by atoms with Gasteiger partial charge in [0.25, 0.3) is 0 Å². The number of pyridine rings is 1. The molecule has 1 aromatic heterocycles. The maximum atomic E-state index is 8.74. The van der Waals surface area contributed by atoms with Crippen LogP contribution < -0.4 is 10.5 Å². The van der Waals surface area contributed by atoms with Crippen LogP contribution in [0.5, 0.6) is 5.88 Å². The lowest BCUT2D eigenvalue weighted by atomic mass is 10.2. The first kappa shape index (κ1) is 12.3. The second-order valence-electron chi connectivity index (χ2n) is 3.61. The Labute approximate surface area is 96.1 Å². The smallest absolute Gasteiger partial charge is 0.214 e. The molecule has 1 aromatic rings. The molecule has 2 N–H and O–H groups in total. The van der Waals surface area contributed by atoms with Crippen molar-refractivity contribution in [3.63, 3.8) is 0 Å². The predicted octanol–water partition coefficient (Wildman–Crippen LogP) is 2.49. The lowest BCUT2D eigenvalue weighted by Crippen LogP contribution is -2.01. The third kappa shape index (κ3) is 3.77. The minimum atomic E-state index is 0.228. The van der Waals surface area contributed by atoms with E-state index in [0.717, 1.165) is 12.8 Å². The molecule has 4 nitrogen and oxygen atoms in total. The lowest BCUT2D eigenvalue weighted by Gasteiger charge is -2.05. The van der Waals surface area contributed by atoms with Crippen molar-refractivity contribution >= 4 is 5.69 Å². The molecule has 0 spiro atoms. The molecule has 0 fully saturated rings. The molecule has 16 heavy (non-hydrogen) atoms. The molecule has 4 heteroatoms. The zero-order valence-corrected chi connectivity index (χ0v) is 9.57. The maximum absolute atomic E-state index is 8.74. The highest BCUT2D eigenvalue weighted by Gasteiger charge is 2.02. The standard InChI is InChI=1S/C12H17N3O/c1-2-3-4-5-8-16-12-7-6-10(14)11(9-13)15-12/h6-7H,2-5,8,14H2,1H3. The molecule has 86 valence electrons. The predicted molar refractivity (Wildman–Crippen MR) is 63.0 cm³/mol. The minimum absolute atomic E-state index is 0.228. The van der Waals surface area contributed by atoms with Gasteiger partial charge in [0.2, 0.25) is 5.88 Å². The first-order valence-electron chi connectivity index (χ1n) is 5.57. The molecule has 0 radical (unpaired) electrons. The number of hydrogen-bond donors (Lipinski definition) is 1. The summed E-state index contributed by atoms with van der Waals surface area (Å²) in [6.45, 7) is 2.81. The molecule has 1 heterocycles. The summed E-state index contributed by atoms with van der Waals surface area (Å²) in [6.07, 6.45) is 4.61. The van der Waals surface area contributed by atoms with Crippen molar-refractivity contribution in [3.05, 3.63) is 17.8 Å². The van der Waals surface area contributed by atoms with Crippen molar-refractivity contribution in [2.24, 2.45) is 0 Å². The highest BCUT2D eigenvalue weighted by molar-refractivity contribution is 5.50. The summed E-state index contributed by atoms with van der Waals surface area (Å²) in [4.78, 5) is 4.00. The summed E-state index contributed by atoms with van der Waals surface area (Å²) in [5.41, 5.74) is 6.17. The number of ether oxygens (including phenoxy) is 1. The van der Waals surface area contributed by atoms with Crippen molar-refractivity contribution in [2.75, 3.05) is 12.3 Å². The maximum Gasteiger partial charge on any atom is 0.214 e. The molecule has 0 aliphatic carbocycles. The fourth-order valence-corrected chi connectivity index (χ4v) is 1.33. The average Bonchev–Trinajstić information content (AvgIpc) is 2.31. The number of nitrogen functional groups attached to an aromatic ring is 1. The largest absolute Gasteiger partial charge is 0.478 e. The summed E-state index contributed by atoms with van der Waals surface area (Å²) in [5, 5.41) is 8.74. The number of aromatic nitrogens is 1. The second kappa shape index (κ2) is 6.67. The quantitative estimate of drug-likeness (QED) is 0.746. The number of nitrogens with two attached hydrogens (primary N) is 1. The molecule has 0 bridgehead atoms. The van der Waals surface area contributed by atoms with E-state index in [9.17, 15) is 0 Å². The van der Waals surface area contributed by atoms with E-state index in [4.69, 9.17) is 15.7 Å². The van der Waals surface area contributed by atoms with Crippen LogP contribution in [0.4, 0.5) is 5.69 Å². The molecule has 0 aliphatic rings. The van der Waals surface area contributed by atoms with Gasteiger partial charge < -0.3 is 10.5 Å². The Morgan fingerprint density at radius 3 is 2.88 bits per heavy atom. The van der Waals surface area contributed by atoms with Gasteiger partial charge in [-0.1, -0.05) is 26.2 Å². The third-order valence-electron chi connectivity index (χ3n) is 2.25. The van der Waals surface area contributed by atoms with Crippen LogP contribution in [0.1, 0.15) is 38.3 Å². The monoisotopic (exact) mass is 219 g/mol. The normalized spacial score (nSPS) is 9.75. The van der Waals surface area contributed by atoms with E-state index in [2.05, 4.69) is 11.9 Å². The van der Waals surface area contributed by atoms with Gasteiger partial charge in [-0.05, 0) is 12.5 Å². The van der Waals surface area contributed by atoms with Crippen LogP contribution in [-0.4, -0.2) is 11.6 Å². The number of nitrogens with zero attached hydrogens (tertiary/aromatic N) is 2. The van der Waals surface area contributed by atoms with Crippen molar-refractivity contribution in [1.82, 2.24) is 4.98 Å². The Morgan fingerprint density at radius 1 is 1.38 bits per heavy atom. The van der Waals surface area contributed by atoms with Crippen LogP contribution in [0.15, 0.2) is 12.1 Å². The van der Waals surface area contributed by atoms with Crippen LogP contribution in [0.2, 0.25) is 0 Å². The SMILES string of the molecule is CCCCCCOc1ccc(N)c(C#N)n1. The van der Waals surface area contributed by atoms with Gasteiger partial charge in [-0.3, -0.25) is 0 Å². The molecular weight excluding hydrogens is 202 g/mol. The van der Waals surface area contributed by atoms with Gasteiger partial charge in [0.1, 0.15) is 6.07 Å². The summed E-state index contributed by atoms with van der Waals surface area (Å²) in [7, 11) is 0. The van der Waals surface area contributed by atoms with E-state index in [1.165, 1.54) is 12.8 Å². The summed E-state index contributed by atoms with van der Waals surface area (Å²) >= 11 is 0. The van der Waals surface area contributed by atoms with Crippen molar-refractivity contribution in [3.8, 4) is 11.9 Å². The molecule has 0 atom stereocenters. The number of rotatable bonds is 6. The van der Waals surface area contributed by atoms with Crippen molar-refractivity contribution in [2.45, 2.75) is 32.6 Å². The highest BCUT2D eigenvalue weighted by Crippen LogP contribution is 2.14. The number of anilines is 1. The van der Waals surface area contributed by atoms with Crippen LogP contribution in [0, 0.1) is 11.3 Å². The summed E-state index contributed by atoms with van der Waals surface area (Å²) in [6, 6.07) is 5.27. The molecule has 1 rings (SSSR count). The van der Waals surface area contributed by atoms with Crippen LogP contribution in [0.3, 0.4) is 0 Å². The number of unbranched alkanes of at least 4 members (excludes halogenated alkanes) is 3. The van der Waals surface area contributed by atoms with Crippen LogP contribution in [0.25, 0.3) is 0 Å². The van der Waals surface area contributed by atoms with Gasteiger partial charge in [0.15, 0.2) is 5.69 Å². The first-order valence-corrected chi connectivity index (χ1v) is 5.57. The van der Waals surface area contributed by atoms with Crippen LogP contribution >= 0.6 is 0 Å². The van der Waals surface area contributed by atoms with Gasteiger partial charge >= 0.3 is 0 Å². The van der Waals surface area contributed by atoms with Crippen molar-refractivity contribution < 1.29 is 4.74 Å². The number of nitriles is 1. The van der Waals surface area contributed by atoms with E-state index < -0.39 is 0 Å². The molecule has 0 aliphatic heterocycles. The van der Waals surface area contributed by atoms with Gasteiger partial charge in [-0.15, -0.1) is 0 Å². The number of hydrogen-bond acceptors (Lipinski definition) is 4. The highest BCUT2D eigenvalue weighted by atomic mass is 16.5. The Balaban J connectivity index is 2.40. The Morgan fingerprint density at radius 2 is 2.19 bits per heavy atom. The van der Waals surface area contributed by atoms with E-state index >= 15 is 0 Å². The summed E-state index contributed by atoms with van der Waals surface area (Å²) in [5.74, 6) is 0.474. The molecule has 0 aromatic carbocycles. The van der Waals surface area contributed by atoms with E-state index in [0.29, 0.717) is 18.2 Å². The van der Waals surface area contributed by atoms with Gasteiger partial charge in [0.05, 0.1) is 12.3 Å². The molecule has 0 amide bonds. The van der Waals surface area contributed by atoms with E-state index in [1.807, 2.05) is 6.07 Å². The Hall–Kier alpha value is -1.76. The topological polar surface area (TPSA) is 71.9 Å². The Kier molecular flexibility index (Phi) is 5.13. The van der Waals surface area contributed by atoms with Gasteiger partial charge in [-0.25, -0.2) is 4.98 Å². The molecule has 0 saturated heterocycles. The average molecular weight is 219 g/mol. The van der Waals surface area contributed by atoms with Gasteiger partial charge in [0, 0.05) is 6.07 Å². The van der Waals surface area contributed by atoms with E-state index in [1.54, 1.807) is 12.1 Å². The molecular formula is C12H17N3O. The van der Waals surface area contributed by atoms with Crippen molar-refractivity contribution in [1.29, 1.82) is 5.26 Å². The van der Waals surface area contributed by atoms with E-state index in [-0.39, 0.29) is 5.69 Å². The summed E-state index contributed by atoms with van der Waals surface area (Å²) < 4.78 is 5.43. The fourth-order valence-electron chi connectivity index (χ4n) is 1.33.